The number of nitrogens with one attached hydrogen (secondary N) is 1. The minimum absolute atomic E-state index is 0.0609. The Morgan fingerprint density at radius 3 is 2.89 bits per heavy atom. The number of nitrogens with two attached hydrogens (primary N) is 1. The Hall–Kier alpha value is -2.04. The van der Waals surface area contributed by atoms with Crippen LogP contribution in [0.2, 0.25) is 0 Å². The van der Waals surface area contributed by atoms with Crippen LogP contribution in [-0.4, -0.2) is 23.0 Å². The van der Waals surface area contributed by atoms with Crippen molar-refractivity contribution >= 4 is 11.7 Å². The summed E-state index contributed by atoms with van der Waals surface area (Å²) < 4.78 is 0. The second-order valence-electron chi connectivity index (χ2n) is 4.54. The van der Waals surface area contributed by atoms with Crippen LogP contribution in [0.5, 0.6) is 0 Å². The van der Waals surface area contributed by atoms with E-state index >= 15 is 0 Å². The molecule has 0 radical (unpaired) electrons. The summed E-state index contributed by atoms with van der Waals surface area (Å²) in [6, 6.07) is 8.41. The summed E-state index contributed by atoms with van der Waals surface area (Å²) in [5, 5.41) is 14.1. The average Bonchev–Trinajstić information content (AvgIpc) is 2.38. The average molecular weight is 247 g/mol. The molecule has 0 saturated carbocycles. The monoisotopic (exact) mass is 247 g/mol. The van der Waals surface area contributed by atoms with Crippen molar-refractivity contribution in [1.82, 2.24) is 5.32 Å². The molecule has 5 heteroatoms. The third-order valence-electron chi connectivity index (χ3n) is 3.18. The van der Waals surface area contributed by atoms with Gasteiger partial charge in [0.1, 0.15) is 5.84 Å². The Morgan fingerprint density at radius 1 is 1.44 bits per heavy atom. The van der Waals surface area contributed by atoms with Crippen molar-refractivity contribution in [2.24, 2.45) is 10.9 Å². The summed E-state index contributed by atoms with van der Waals surface area (Å²) in [5.41, 5.74) is 7.94. The molecule has 1 aliphatic rings. The van der Waals surface area contributed by atoms with Gasteiger partial charge in [-0.3, -0.25) is 4.79 Å². The number of carbonyl (C=O) groups is 1. The molecule has 1 aromatic rings. The van der Waals surface area contributed by atoms with Crippen LogP contribution in [0.4, 0.5) is 0 Å². The van der Waals surface area contributed by atoms with Gasteiger partial charge in [0.15, 0.2) is 0 Å². The van der Waals surface area contributed by atoms with E-state index < -0.39 is 0 Å². The van der Waals surface area contributed by atoms with E-state index in [-0.39, 0.29) is 24.2 Å². The molecule has 0 saturated heterocycles. The number of hydrogen-bond acceptors (Lipinski definition) is 3. The standard InChI is InChI=1S/C13H17N3O2/c14-12(16-18)8-13(17)15-11-6-5-9-3-1-2-4-10(9)7-11/h1-4,11,18H,5-8H2,(H2,14,16)(H,15,17). The highest BCUT2D eigenvalue weighted by Gasteiger charge is 2.19. The second-order valence-corrected chi connectivity index (χ2v) is 4.54. The third-order valence-corrected chi connectivity index (χ3v) is 3.18. The first-order chi connectivity index (χ1) is 8.69. The first kappa shape index (κ1) is 12.4. The third kappa shape index (κ3) is 3.00. The Kier molecular flexibility index (Phi) is 3.82. The van der Waals surface area contributed by atoms with E-state index in [1.807, 2.05) is 12.1 Å². The number of amides is 1. The molecule has 0 bridgehead atoms. The molecule has 0 heterocycles. The molecule has 0 fully saturated rings. The van der Waals surface area contributed by atoms with Gasteiger partial charge in [-0.05, 0) is 30.4 Å². The molecule has 1 aliphatic carbocycles. The summed E-state index contributed by atoms with van der Waals surface area (Å²) in [7, 11) is 0. The molecule has 96 valence electrons. The fraction of sp³-hybridized carbons (Fsp3) is 0.385. The molecule has 5 nitrogen and oxygen atoms in total. The van der Waals surface area contributed by atoms with E-state index in [4.69, 9.17) is 10.9 Å². The molecule has 18 heavy (non-hydrogen) atoms. The maximum atomic E-state index is 11.6. The van der Waals surface area contributed by atoms with Gasteiger partial charge in [0.25, 0.3) is 0 Å². The number of hydrogen-bond donors (Lipinski definition) is 3. The summed E-state index contributed by atoms with van der Waals surface area (Å²) >= 11 is 0. The number of aryl methyl sites for hydroxylation is 1. The molecule has 0 aromatic heterocycles. The summed E-state index contributed by atoms with van der Waals surface area (Å²) in [6.07, 6.45) is 2.69. The lowest BCUT2D eigenvalue weighted by molar-refractivity contribution is -0.120. The predicted octanol–water partition coefficient (Wildman–Crippen LogP) is 0.797. The van der Waals surface area contributed by atoms with E-state index in [1.165, 1.54) is 11.1 Å². The Morgan fingerprint density at radius 2 is 2.17 bits per heavy atom. The zero-order valence-electron chi connectivity index (χ0n) is 10.1. The van der Waals surface area contributed by atoms with Gasteiger partial charge in [0.05, 0.1) is 6.42 Å². The molecular weight excluding hydrogens is 230 g/mol. The number of carbonyl (C=O) groups excluding carboxylic acids is 1. The molecule has 1 aromatic carbocycles. The van der Waals surface area contributed by atoms with E-state index in [0.717, 1.165) is 19.3 Å². The predicted molar refractivity (Wildman–Crippen MR) is 68.4 cm³/mol. The van der Waals surface area contributed by atoms with Crippen LogP contribution < -0.4 is 11.1 Å². The highest BCUT2D eigenvalue weighted by molar-refractivity contribution is 5.98. The molecule has 1 amide bonds. The minimum Gasteiger partial charge on any atom is -0.409 e. The second kappa shape index (κ2) is 5.53. The lowest BCUT2D eigenvalue weighted by Crippen LogP contribution is -2.40. The molecule has 0 aliphatic heterocycles. The van der Waals surface area contributed by atoms with Gasteiger partial charge in [0, 0.05) is 6.04 Å². The number of amidine groups is 1. The van der Waals surface area contributed by atoms with Crippen molar-refractivity contribution in [2.45, 2.75) is 31.7 Å². The van der Waals surface area contributed by atoms with Gasteiger partial charge < -0.3 is 16.3 Å². The quantitative estimate of drug-likeness (QED) is 0.319. The number of rotatable bonds is 3. The summed E-state index contributed by atoms with van der Waals surface area (Å²) in [4.78, 5) is 11.6. The maximum absolute atomic E-state index is 11.6. The SMILES string of the molecule is NC(CC(=O)NC1CCc2ccccc2C1)=NO. The lowest BCUT2D eigenvalue weighted by atomic mass is 9.88. The van der Waals surface area contributed by atoms with Gasteiger partial charge >= 0.3 is 0 Å². The summed E-state index contributed by atoms with van der Waals surface area (Å²) in [5.74, 6) is -0.265. The fourth-order valence-electron chi connectivity index (χ4n) is 2.30. The van der Waals surface area contributed by atoms with Gasteiger partial charge in [0.2, 0.25) is 5.91 Å². The van der Waals surface area contributed by atoms with Crippen LogP contribution in [0.3, 0.4) is 0 Å². The summed E-state index contributed by atoms with van der Waals surface area (Å²) in [6.45, 7) is 0. The van der Waals surface area contributed by atoms with Gasteiger partial charge in [-0.1, -0.05) is 29.4 Å². The smallest absolute Gasteiger partial charge is 0.227 e. The Bertz CT molecular complexity index is 471. The highest BCUT2D eigenvalue weighted by Crippen LogP contribution is 2.20. The van der Waals surface area contributed by atoms with Crippen LogP contribution in [0.15, 0.2) is 29.4 Å². The first-order valence-electron chi connectivity index (χ1n) is 6.01. The molecule has 2 rings (SSSR count). The largest absolute Gasteiger partial charge is 0.409 e. The van der Waals surface area contributed by atoms with E-state index in [0.29, 0.717) is 0 Å². The first-order valence-corrected chi connectivity index (χ1v) is 6.01. The minimum atomic E-state index is -0.199. The van der Waals surface area contributed by atoms with Crippen molar-refractivity contribution in [3.8, 4) is 0 Å². The van der Waals surface area contributed by atoms with Crippen molar-refractivity contribution in [3.63, 3.8) is 0 Å². The van der Waals surface area contributed by atoms with Crippen LogP contribution in [-0.2, 0) is 17.6 Å². The molecule has 0 spiro atoms. The Labute approximate surface area is 106 Å². The van der Waals surface area contributed by atoms with Crippen molar-refractivity contribution in [2.75, 3.05) is 0 Å². The lowest BCUT2D eigenvalue weighted by Gasteiger charge is -2.25. The normalized spacial score (nSPS) is 19.1. The van der Waals surface area contributed by atoms with E-state index in [1.54, 1.807) is 0 Å². The molecule has 1 atom stereocenters. The van der Waals surface area contributed by atoms with Gasteiger partial charge in [-0.25, -0.2) is 0 Å². The molecular formula is C13H17N3O2. The van der Waals surface area contributed by atoms with Crippen LogP contribution in [0.25, 0.3) is 0 Å². The maximum Gasteiger partial charge on any atom is 0.227 e. The number of benzene rings is 1. The number of fused-ring (bicyclic) bond motifs is 1. The van der Waals surface area contributed by atoms with Crippen LogP contribution in [0, 0.1) is 0 Å². The van der Waals surface area contributed by atoms with E-state index in [9.17, 15) is 4.79 Å². The fourth-order valence-corrected chi connectivity index (χ4v) is 2.30. The zero-order valence-corrected chi connectivity index (χ0v) is 10.1. The van der Waals surface area contributed by atoms with Crippen LogP contribution >= 0.6 is 0 Å². The number of oxime groups is 1. The van der Waals surface area contributed by atoms with Crippen molar-refractivity contribution in [3.05, 3.63) is 35.4 Å². The Balaban J connectivity index is 1.92. The van der Waals surface area contributed by atoms with Crippen LogP contribution in [0.1, 0.15) is 24.0 Å². The van der Waals surface area contributed by atoms with Gasteiger partial charge in [-0.15, -0.1) is 0 Å². The number of nitrogens with zero attached hydrogens (tertiary/aromatic N) is 1. The molecule has 4 N–H and O–H groups in total. The van der Waals surface area contributed by atoms with Gasteiger partial charge in [-0.2, -0.15) is 0 Å². The van der Waals surface area contributed by atoms with E-state index in [2.05, 4.69) is 22.6 Å². The highest BCUT2D eigenvalue weighted by atomic mass is 16.4. The van der Waals surface area contributed by atoms with Crippen molar-refractivity contribution in [1.29, 1.82) is 0 Å². The topological polar surface area (TPSA) is 87.7 Å². The van der Waals surface area contributed by atoms with Crippen molar-refractivity contribution < 1.29 is 10.0 Å². The zero-order chi connectivity index (χ0) is 13.0. The molecule has 1 unspecified atom stereocenters.